The molecule has 4 rings (SSSR count). The molecule has 0 bridgehead atoms. The van der Waals surface area contributed by atoms with Crippen LogP contribution in [0.2, 0.25) is 0 Å². The number of thioether (sulfide) groups is 1. The van der Waals surface area contributed by atoms with E-state index in [1.54, 1.807) is 17.8 Å². The fraction of sp³-hybridized carbons (Fsp3) is 0.0625. The number of allylic oxidation sites excluding steroid dienone is 2. The van der Waals surface area contributed by atoms with E-state index in [0.29, 0.717) is 16.8 Å². The second-order valence-corrected chi connectivity index (χ2v) is 5.81. The van der Waals surface area contributed by atoms with Crippen LogP contribution in [-0.4, -0.2) is 11.0 Å². The van der Waals surface area contributed by atoms with Crippen molar-refractivity contribution in [2.45, 2.75) is 0 Å². The van der Waals surface area contributed by atoms with E-state index in [1.165, 1.54) is 10.5 Å². The summed E-state index contributed by atoms with van der Waals surface area (Å²) in [7, 11) is 0. The van der Waals surface area contributed by atoms with Crippen LogP contribution in [0.5, 0.6) is 0 Å². The Morgan fingerprint density at radius 2 is 2.19 bits per heavy atom. The van der Waals surface area contributed by atoms with Gasteiger partial charge in [-0.2, -0.15) is 0 Å². The topological polar surface area (TPSA) is 49.0 Å². The second kappa shape index (κ2) is 4.86. The normalized spacial score (nSPS) is 17.9. The minimum Gasteiger partial charge on any atom is -0.440 e. The Kier molecular flexibility index (Phi) is 2.86. The standard InChI is InChI=1S/C16H12N2O2S/c19-17-13-9-16(20-14-4-2-1-3-12(13)14)18-7-5-11-6-8-21-15(11)10-18/h1-7,9-10,19H,8H2. The molecule has 2 aliphatic rings. The fourth-order valence-electron chi connectivity index (χ4n) is 2.45. The van der Waals surface area contributed by atoms with Crippen molar-refractivity contribution < 1.29 is 9.62 Å². The molecule has 0 aliphatic carbocycles. The van der Waals surface area contributed by atoms with Gasteiger partial charge in [0, 0.05) is 34.5 Å². The van der Waals surface area contributed by atoms with Crippen LogP contribution >= 0.6 is 11.8 Å². The van der Waals surface area contributed by atoms with Crippen molar-refractivity contribution >= 4 is 28.6 Å². The Bertz CT molecular complexity index is 877. The van der Waals surface area contributed by atoms with Crippen LogP contribution < -0.4 is 10.3 Å². The van der Waals surface area contributed by atoms with Gasteiger partial charge in [0.15, 0.2) is 0 Å². The third-order valence-electron chi connectivity index (χ3n) is 3.50. The van der Waals surface area contributed by atoms with Gasteiger partial charge in [-0.25, -0.2) is 0 Å². The van der Waals surface area contributed by atoms with E-state index in [0.717, 1.165) is 11.1 Å². The van der Waals surface area contributed by atoms with Gasteiger partial charge in [-0.15, -0.1) is 11.8 Å². The summed E-state index contributed by atoms with van der Waals surface area (Å²) in [6.07, 6.45) is 8.26. The average Bonchev–Trinajstić information content (AvgIpc) is 3.01. The third-order valence-corrected chi connectivity index (χ3v) is 4.48. The van der Waals surface area contributed by atoms with Gasteiger partial charge in [-0.3, -0.25) is 4.90 Å². The first kappa shape index (κ1) is 12.3. The minimum atomic E-state index is 0.499. The monoisotopic (exact) mass is 296 g/mol. The van der Waals surface area contributed by atoms with Crippen LogP contribution in [-0.2, 0) is 0 Å². The van der Waals surface area contributed by atoms with Crippen molar-refractivity contribution in [2.75, 3.05) is 10.7 Å². The van der Waals surface area contributed by atoms with Crippen molar-refractivity contribution in [3.8, 4) is 0 Å². The summed E-state index contributed by atoms with van der Waals surface area (Å²) in [6, 6.07) is 9.26. The van der Waals surface area contributed by atoms with Gasteiger partial charge < -0.3 is 9.62 Å². The van der Waals surface area contributed by atoms with Crippen molar-refractivity contribution in [3.63, 3.8) is 0 Å². The van der Waals surface area contributed by atoms with E-state index in [4.69, 9.17) is 4.42 Å². The van der Waals surface area contributed by atoms with Crippen LogP contribution in [0.1, 0.15) is 0 Å². The number of hydrogen-bond donors (Lipinski definition) is 1. The van der Waals surface area contributed by atoms with Crippen LogP contribution in [0.3, 0.4) is 0 Å². The highest BCUT2D eigenvalue weighted by Crippen LogP contribution is 2.36. The van der Waals surface area contributed by atoms with Gasteiger partial charge >= 0.3 is 0 Å². The molecule has 2 aromatic rings. The molecule has 0 radical (unpaired) electrons. The van der Waals surface area contributed by atoms with Gasteiger partial charge in [-0.1, -0.05) is 23.4 Å². The zero-order chi connectivity index (χ0) is 14.2. The van der Waals surface area contributed by atoms with E-state index in [2.05, 4.69) is 17.3 Å². The lowest BCUT2D eigenvalue weighted by Gasteiger charge is -2.19. The van der Waals surface area contributed by atoms with Crippen molar-refractivity contribution in [2.24, 2.45) is 5.16 Å². The zero-order valence-electron chi connectivity index (χ0n) is 11.1. The maximum atomic E-state index is 9.23. The molecule has 0 unspecified atom stereocenters. The van der Waals surface area contributed by atoms with Crippen LogP contribution in [0, 0.1) is 0 Å². The van der Waals surface area contributed by atoms with E-state index in [9.17, 15) is 5.21 Å². The molecule has 3 heterocycles. The first-order valence-corrected chi connectivity index (χ1v) is 7.56. The lowest BCUT2D eigenvalue weighted by molar-refractivity contribution is 0.302. The number of rotatable bonds is 1. The molecular formula is C16H12N2O2S. The van der Waals surface area contributed by atoms with Crippen LogP contribution in [0.4, 0.5) is 5.88 Å². The predicted molar refractivity (Wildman–Crippen MR) is 83.8 cm³/mol. The molecule has 0 saturated carbocycles. The molecule has 0 spiro atoms. The Hall–Kier alpha value is -2.40. The maximum absolute atomic E-state index is 9.23. The minimum absolute atomic E-state index is 0.499. The van der Waals surface area contributed by atoms with Crippen LogP contribution in [0.15, 0.2) is 74.9 Å². The maximum Gasteiger partial charge on any atom is 0.206 e. The molecule has 104 valence electrons. The van der Waals surface area contributed by atoms with Gasteiger partial charge in [0.2, 0.25) is 5.88 Å². The SMILES string of the molecule is ON=c1cc(N2C=CC3=CCSC3=C2)oc2ccccc12. The molecule has 2 aliphatic heterocycles. The Balaban J connectivity index is 1.87. The highest BCUT2D eigenvalue weighted by atomic mass is 32.2. The largest absolute Gasteiger partial charge is 0.440 e. The lowest BCUT2D eigenvalue weighted by Crippen LogP contribution is -2.14. The summed E-state index contributed by atoms with van der Waals surface area (Å²) in [5.41, 5.74) is 1.94. The van der Waals surface area contributed by atoms with Gasteiger partial charge in [0.25, 0.3) is 0 Å². The zero-order valence-corrected chi connectivity index (χ0v) is 11.9. The highest BCUT2D eigenvalue weighted by molar-refractivity contribution is 8.03. The molecule has 0 atom stereocenters. The van der Waals surface area contributed by atoms with E-state index >= 15 is 0 Å². The first-order chi connectivity index (χ1) is 10.3. The quantitative estimate of drug-likeness (QED) is 0.645. The molecule has 0 amide bonds. The predicted octanol–water partition coefficient (Wildman–Crippen LogP) is 3.57. The number of benzene rings is 1. The van der Waals surface area contributed by atoms with E-state index in [-0.39, 0.29) is 0 Å². The highest BCUT2D eigenvalue weighted by Gasteiger charge is 2.17. The molecule has 4 nitrogen and oxygen atoms in total. The molecule has 0 saturated heterocycles. The summed E-state index contributed by atoms with van der Waals surface area (Å²) >= 11 is 1.80. The Labute approximate surface area is 125 Å². The Morgan fingerprint density at radius 1 is 1.29 bits per heavy atom. The summed E-state index contributed by atoms with van der Waals surface area (Å²) in [6.45, 7) is 0. The first-order valence-electron chi connectivity index (χ1n) is 6.58. The molecule has 1 N–H and O–H groups in total. The molecule has 21 heavy (non-hydrogen) atoms. The fourth-order valence-corrected chi connectivity index (χ4v) is 3.40. The number of nitrogens with zero attached hydrogens (tertiary/aromatic N) is 2. The number of fused-ring (bicyclic) bond motifs is 2. The van der Waals surface area contributed by atoms with E-state index < -0.39 is 0 Å². The molecule has 1 aromatic heterocycles. The van der Waals surface area contributed by atoms with Crippen LogP contribution in [0.25, 0.3) is 11.0 Å². The summed E-state index contributed by atoms with van der Waals surface area (Å²) in [5, 5.41) is 13.9. The van der Waals surface area contributed by atoms with Crippen molar-refractivity contribution in [1.82, 2.24) is 0 Å². The smallest absolute Gasteiger partial charge is 0.206 e. The van der Waals surface area contributed by atoms with Crippen molar-refractivity contribution in [3.05, 3.63) is 70.7 Å². The lowest BCUT2D eigenvalue weighted by atomic mass is 10.2. The number of anilines is 1. The van der Waals surface area contributed by atoms with Gasteiger partial charge in [-0.05, 0) is 23.8 Å². The summed E-state index contributed by atoms with van der Waals surface area (Å²) < 4.78 is 5.92. The van der Waals surface area contributed by atoms with Crippen molar-refractivity contribution in [1.29, 1.82) is 0 Å². The average molecular weight is 296 g/mol. The summed E-state index contributed by atoms with van der Waals surface area (Å²) in [5.74, 6) is 1.63. The molecule has 1 aromatic carbocycles. The van der Waals surface area contributed by atoms with E-state index in [1.807, 2.05) is 41.6 Å². The molecule has 0 fully saturated rings. The summed E-state index contributed by atoms with van der Waals surface area (Å²) in [4.78, 5) is 3.13. The van der Waals surface area contributed by atoms with Gasteiger partial charge in [0.1, 0.15) is 10.9 Å². The van der Waals surface area contributed by atoms with Gasteiger partial charge in [0.05, 0.1) is 0 Å². The third kappa shape index (κ3) is 2.06. The Morgan fingerprint density at radius 3 is 3.10 bits per heavy atom. The molecule has 5 heteroatoms. The number of hydrogen-bond acceptors (Lipinski definition) is 5. The molecular weight excluding hydrogens is 284 g/mol. The second-order valence-electron chi connectivity index (χ2n) is 4.75. The number of para-hydroxylation sites is 1.